The van der Waals surface area contributed by atoms with E-state index in [4.69, 9.17) is 4.74 Å². The third-order valence-corrected chi connectivity index (χ3v) is 2.77. The molecule has 74 valence electrons. The van der Waals surface area contributed by atoms with E-state index in [1.165, 1.54) is 11.1 Å². The van der Waals surface area contributed by atoms with Gasteiger partial charge in [-0.1, -0.05) is 43.3 Å². The molecule has 1 saturated heterocycles. The highest BCUT2D eigenvalue weighted by Gasteiger charge is 2.23. The molecule has 1 heterocycles. The largest absolute Gasteiger partial charge is 0.374 e. The molecule has 0 amide bonds. The summed E-state index contributed by atoms with van der Waals surface area (Å²) in [6, 6.07) is 10.4. The summed E-state index contributed by atoms with van der Waals surface area (Å²) in [5, 5.41) is 0. The minimum Gasteiger partial charge on any atom is -0.374 e. The number of rotatable bonds is 1. The van der Waals surface area contributed by atoms with Gasteiger partial charge in [0.15, 0.2) is 0 Å². The lowest BCUT2D eigenvalue weighted by Crippen LogP contribution is -2.01. The maximum Gasteiger partial charge on any atom is 0.0763 e. The Morgan fingerprint density at radius 1 is 1.21 bits per heavy atom. The van der Waals surface area contributed by atoms with Gasteiger partial charge in [0.05, 0.1) is 12.7 Å². The van der Waals surface area contributed by atoms with Crippen LogP contribution >= 0.6 is 0 Å². The van der Waals surface area contributed by atoms with Crippen molar-refractivity contribution in [3.8, 4) is 0 Å². The van der Waals surface area contributed by atoms with Gasteiger partial charge in [-0.2, -0.15) is 0 Å². The van der Waals surface area contributed by atoms with E-state index in [9.17, 15) is 0 Å². The zero-order chi connectivity index (χ0) is 9.97. The Morgan fingerprint density at radius 2 is 1.93 bits per heavy atom. The number of ether oxygens (including phenoxy) is 1. The van der Waals surface area contributed by atoms with Gasteiger partial charge in [0.2, 0.25) is 0 Å². The highest BCUT2D eigenvalue weighted by Crippen LogP contribution is 2.27. The quantitative estimate of drug-likeness (QED) is 0.658. The maximum absolute atomic E-state index is 5.58. The van der Waals surface area contributed by atoms with Crippen molar-refractivity contribution >= 4 is 6.08 Å². The number of hydrogen-bond donors (Lipinski definition) is 0. The molecule has 0 aliphatic carbocycles. The van der Waals surface area contributed by atoms with Crippen LogP contribution in [0.2, 0.25) is 0 Å². The topological polar surface area (TPSA) is 9.23 Å². The van der Waals surface area contributed by atoms with Gasteiger partial charge in [0, 0.05) is 5.92 Å². The van der Waals surface area contributed by atoms with Crippen molar-refractivity contribution in [1.29, 1.82) is 0 Å². The van der Waals surface area contributed by atoms with Gasteiger partial charge in [-0.3, -0.25) is 0 Å². The fraction of sp³-hybridized carbons (Fsp3) is 0.385. The first-order valence-electron chi connectivity index (χ1n) is 5.15. The second-order valence-electron chi connectivity index (χ2n) is 3.93. The molecule has 2 rings (SSSR count). The molecule has 0 N–H and O–H groups in total. The Hall–Kier alpha value is -1.08. The Labute approximate surface area is 85.4 Å². The molecule has 1 aromatic carbocycles. The zero-order valence-electron chi connectivity index (χ0n) is 8.73. The fourth-order valence-corrected chi connectivity index (χ4v) is 1.88. The Morgan fingerprint density at radius 3 is 2.50 bits per heavy atom. The molecule has 2 unspecified atom stereocenters. The van der Waals surface area contributed by atoms with Crippen molar-refractivity contribution in [3.63, 3.8) is 0 Å². The monoisotopic (exact) mass is 188 g/mol. The highest BCUT2D eigenvalue weighted by molar-refractivity contribution is 5.54. The van der Waals surface area contributed by atoms with E-state index in [0.717, 1.165) is 6.61 Å². The lowest BCUT2D eigenvalue weighted by molar-refractivity contribution is 0.130. The van der Waals surface area contributed by atoms with Gasteiger partial charge in [-0.15, -0.1) is 0 Å². The summed E-state index contributed by atoms with van der Waals surface area (Å²) in [4.78, 5) is 0. The van der Waals surface area contributed by atoms with Crippen molar-refractivity contribution in [2.75, 3.05) is 6.61 Å². The van der Waals surface area contributed by atoms with Crippen LogP contribution in [0.4, 0.5) is 0 Å². The minimum atomic E-state index is 0.283. The van der Waals surface area contributed by atoms with Gasteiger partial charge in [0.1, 0.15) is 0 Å². The lowest BCUT2D eigenvalue weighted by atomic mass is 9.98. The summed E-state index contributed by atoms with van der Waals surface area (Å²) >= 11 is 0. The van der Waals surface area contributed by atoms with Gasteiger partial charge in [-0.25, -0.2) is 0 Å². The first-order valence-corrected chi connectivity index (χ1v) is 5.15. The van der Waals surface area contributed by atoms with Crippen LogP contribution in [-0.2, 0) is 4.74 Å². The van der Waals surface area contributed by atoms with Crippen LogP contribution < -0.4 is 0 Å². The van der Waals surface area contributed by atoms with Gasteiger partial charge in [0.25, 0.3) is 0 Å². The summed E-state index contributed by atoms with van der Waals surface area (Å²) in [6.45, 7) is 5.20. The average Bonchev–Trinajstić information content (AvgIpc) is 2.51. The van der Waals surface area contributed by atoms with E-state index >= 15 is 0 Å². The van der Waals surface area contributed by atoms with Crippen LogP contribution in [-0.4, -0.2) is 12.7 Å². The lowest BCUT2D eigenvalue weighted by Gasteiger charge is -2.06. The molecule has 1 aromatic rings. The summed E-state index contributed by atoms with van der Waals surface area (Å²) in [7, 11) is 0. The molecule has 1 fully saturated rings. The number of benzene rings is 1. The van der Waals surface area contributed by atoms with Crippen molar-refractivity contribution in [1.82, 2.24) is 0 Å². The van der Waals surface area contributed by atoms with Crippen molar-refractivity contribution < 1.29 is 4.74 Å². The smallest absolute Gasteiger partial charge is 0.0763 e. The van der Waals surface area contributed by atoms with E-state index in [1.807, 2.05) is 6.07 Å². The first-order chi connectivity index (χ1) is 6.77. The second kappa shape index (κ2) is 3.97. The van der Waals surface area contributed by atoms with Crippen molar-refractivity contribution in [3.05, 3.63) is 41.5 Å². The Balaban J connectivity index is 2.26. The van der Waals surface area contributed by atoms with E-state index < -0.39 is 0 Å². The molecule has 14 heavy (non-hydrogen) atoms. The first kappa shape index (κ1) is 9.47. The molecule has 1 nitrogen and oxygen atoms in total. The third-order valence-electron chi connectivity index (χ3n) is 2.77. The van der Waals surface area contributed by atoms with Gasteiger partial charge >= 0.3 is 0 Å². The molecule has 0 spiro atoms. The van der Waals surface area contributed by atoms with Gasteiger partial charge < -0.3 is 4.74 Å². The fourth-order valence-electron chi connectivity index (χ4n) is 1.88. The van der Waals surface area contributed by atoms with E-state index in [2.05, 4.69) is 44.2 Å². The molecular weight excluding hydrogens is 172 g/mol. The van der Waals surface area contributed by atoms with Crippen LogP contribution in [0.5, 0.6) is 0 Å². The molecule has 1 aliphatic heterocycles. The van der Waals surface area contributed by atoms with Gasteiger partial charge in [-0.05, 0) is 18.1 Å². The summed E-state index contributed by atoms with van der Waals surface area (Å²) in [5.74, 6) is 0.560. The molecule has 1 heteroatoms. The molecule has 0 saturated carbocycles. The predicted molar refractivity (Wildman–Crippen MR) is 59.0 cm³/mol. The van der Waals surface area contributed by atoms with Crippen LogP contribution in [0.3, 0.4) is 0 Å². The van der Waals surface area contributed by atoms with E-state index in [-0.39, 0.29) is 6.10 Å². The van der Waals surface area contributed by atoms with Crippen LogP contribution in [0.1, 0.15) is 19.4 Å². The van der Waals surface area contributed by atoms with Crippen molar-refractivity contribution in [2.45, 2.75) is 20.0 Å². The van der Waals surface area contributed by atoms with Crippen LogP contribution in [0.15, 0.2) is 35.9 Å². The zero-order valence-corrected chi connectivity index (χ0v) is 8.73. The molecule has 1 aliphatic rings. The predicted octanol–water partition coefficient (Wildman–Crippen LogP) is 3.12. The molecule has 0 bridgehead atoms. The highest BCUT2D eigenvalue weighted by atomic mass is 16.5. The average molecular weight is 188 g/mol. The summed E-state index contributed by atoms with van der Waals surface area (Å²) < 4.78 is 5.58. The SMILES string of the molecule is CC1COC(C)C1=Cc1ccccc1. The molecule has 0 radical (unpaired) electrons. The van der Waals surface area contributed by atoms with E-state index in [1.54, 1.807) is 0 Å². The van der Waals surface area contributed by atoms with Crippen LogP contribution in [0.25, 0.3) is 6.08 Å². The van der Waals surface area contributed by atoms with Crippen molar-refractivity contribution in [2.24, 2.45) is 5.92 Å². The minimum absolute atomic E-state index is 0.283. The standard InChI is InChI=1S/C13H16O/c1-10-9-14-11(2)13(10)8-12-6-4-3-5-7-12/h3-8,10-11H,9H2,1-2H3. The van der Waals surface area contributed by atoms with Crippen LogP contribution in [0, 0.1) is 5.92 Å². The summed E-state index contributed by atoms with van der Waals surface area (Å²) in [6.07, 6.45) is 2.53. The van der Waals surface area contributed by atoms with E-state index in [0.29, 0.717) is 5.92 Å². The second-order valence-corrected chi connectivity index (χ2v) is 3.93. The Kier molecular flexibility index (Phi) is 2.69. The number of hydrogen-bond acceptors (Lipinski definition) is 1. The molecule has 0 aromatic heterocycles. The third kappa shape index (κ3) is 1.88. The molecule has 2 atom stereocenters. The maximum atomic E-state index is 5.58. The Bertz CT molecular complexity index is 314. The molecular formula is C13H16O. The summed E-state index contributed by atoms with van der Waals surface area (Å²) in [5.41, 5.74) is 2.68. The normalized spacial score (nSPS) is 29.7.